The topological polar surface area (TPSA) is 163 Å². The van der Waals surface area contributed by atoms with Gasteiger partial charge in [0, 0.05) is 24.5 Å². The SMILES string of the molecule is O=c1ccn([C@@H]2O[C@H](COCc3ccccc3)[C@@H](OCc3ccccc3)[C@H](OCc3ccccc3)[C@H]2OCc2ccccc2)o1.O=c1ccn([C@@H]2O[C@H](COCc3ccccc3)[C@@H](OCc3ccccc3)[C@H](OCc3ccccc3)[C@H]2OCc2ccccc2)o1. The van der Waals surface area contributed by atoms with Crippen LogP contribution in [0.1, 0.15) is 57.0 Å². The Balaban J connectivity index is 0.000000185. The molecule has 464 valence electrons. The van der Waals surface area contributed by atoms with Crippen molar-refractivity contribution >= 4 is 0 Å². The fourth-order valence-corrected chi connectivity index (χ4v) is 10.8. The smallest absolute Gasteiger partial charge is 0.357 e. The zero-order chi connectivity index (χ0) is 61.4. The fourth-order valence-electron chi connectivity index (χ4n) is 10.8. The van der Waals surface area contributed by atoms with Crippen LogP contribution in [0.3, 0.4) is 0 Å². The maximum Gasteiger partial charge on any atom is 0.357 e. The Labute approximate surface area is 523 Å². The minimum atomic E-state index is -0.820. The average molecular weight is 1220 g/mol. The Bertz CT molecular complexity index is 3460. The van der Waals surface area contributed by atoms with Gasteiger partial charge < -0.3 is 56.4 Å². The first-order valence-electron chi connectivity index (χ1n) is 30.3. The molecule has 2 aromatic heterocycles. The van der Waals surface area contributed by atoms with Gasteiger partial charge in [-0.3, -0.25) is 0 Å². The van der Waals surface area contributed by atoms with E-state index in [9.17, 15) is 9.59 Å². The number of hydrogen-bond donors (Lipinski definition) is 0. The van der Waals surface area contributed by atoms with E-state index in [2.05, 4.69) is 0 Å². The van der Waals surface area contributed by atoms with Crippen molar-refractivity contribution in [2.75, 3.05) is 13.2 Å². The van der Waals surface area contributed by atoms with Crippen LogP contribution in [0.25, 0.3) is 0 Å². The van der Waals surface area contributed by atoms with Crippen LogP contribution in [-0.2, 0) is 100 Å². The summed E-state index contributed by atoms with van der Waals surface area (Å²) in [6.45, 7) is 3.14. The minimum absolute atomic E-state index is 0.215. The number of ether oxygens (including phenoxy) is 10. The first-order chi connectivity index (χ1) is 44.5. The van der Waals surface area contributed by atoms with Crippen molar-refractivity contribution < 1.29 is 56.4 Å². The summed E-state index contributed by atoms with van der Waals surface area (Å²) in [5.41, 5.74) is 7.15. The molecule has 10 atom stereocenters. The van der Waals surface area contributed by atoms with Gasteiger partial charge in [0.2, 0.25) is 0 Å². The van der Waals surface area contributed by atoms with Crippen LogP contribution < -0.4 is 11.3 Å². The molecule has 0 N–H and O–H groups in total. The molecule has 16 heteroatoms. The van der Waals surface area contributed by atoms with Crippen LogP contribution in [0.4, 0.5) is 0 Å². The van der Waals surface area contributed by atoms with Crippen LogP contribution in [0.2, 0.25) is 0 Å². The van der Waals surface area contributed by atoms with E-state index < -0.39 is 72.5 Å². The molecule has 12 rings (SSSR count). The number of hydrogen-bond acceptors (Lipinski definition) is 14. The summed E-state index contributed by atoms with van der Waals surface area (Å²) in [5.74, 6) is 0. The Morgan fingerprint density at radius 1 is 0.267 bits per heavy atom. The lowest BCUT2D eigenvalue weighted by atomic mass is 9.97. The molecular formula is C74H74N2O14. The summed E-state index contributed by atoms with van der Waals surface area (Å²) in [6, 6.07) is 82.3. The summed E-state index contributed by atoms with van der Waals surface area (Å²) in [7, 11) is 0. The Morgan fingerprint density at radius 3 is 0.722 bits per heavy atom. The predicted octanol–water partition coefficient (Wildman–Crippen LogP) is 12.6. The monoisotopic (exact) mass is 1210 g/mol. The van der Waals surface area contributed by atoms with Gasteiger partial charge in [-0.1, -0.05) is 243 Å². The van der Waals surface area contributed by atoms with Crippen molar-refractivity contribution in [2.24, 2.45) is 0 Å². The molecule has 2 saturated heterocycles. The second-order valence-corrected chi connectivity index (χ2v) is 21.9. The van der Waals surface area contributed by atoms with Gasteiger partial charge in [0.05, 0.1) is 66.1 Å². The van der Waals surface area contributed by atoms with E-state index in [1.165, 1.54) is 21.6 Å². The van der Waals surface area contributed by atoms with E-state index in [4.69, 9.17) is 56.4 Å². The fraction of sp³-hybridized carbons (Fsp3) is 0.270. The number of benzene rings is 8. The van der Waals surface area contributed by atoms with Crippen molar-refractivity contribution in [1.29, 1.82) is 0 Å². The summed E-state index contributed by atoms with van der Waals surface area (Å²) in [5, 5.41) is 0. The highest BCUT2D eigenvalue weighted by Crippen LogP contribution is 2.38. The molecule has 2 fully saturated rings. The second-order valence-electron chi connectivity index (χ2n) is 21.9. The predicted molar refractivity (Wildman–Crippen MR) is 336 cm³/mol. The van der Waals surface area contributed by atoms with Gasteiger partial charge in [0.15, 0.2) is 12.5 Å². The van der Waals surface area contributed by atoms with Crippen LogP contribution in [0.5, 0.6) is 0 Å². The molecule has 10 aromatic rings. The second kappa shape index (κ2) is 33.3. The first-order valence-corrected chi connectivity index (χ1v) is 30.3. The third kappa shape index (κ3) is 18.3. The lowest BCUT2D eigenvalue weighted by molar-refractivity contribution is -0.299. The van der Waals surface area contributed by atoms with Crippen molar-refractivity contribution in [2.45, 2.75) is 114 Å². The highest BCUT2D eigenvalue weighted by atomic mass is 16.7. The highest BCUT2D eigenvalue weighted by molar-refractivity contribution is 5.20. The summed E-state index contributed by atoms with van der Waals surface area (Å²) in [6.07, 6.45) is -3.46. The number of rotatable bonds is 28. The average Bonchev–Trinajstić information content (AvgIpc) is 1.41. The molecular weight excluding hydrogens is 1140 g/mol. The lowest BCUT2D eigenvalue weighted by Gasteiger charge is -2.45. The molecule has 4 heterocycles. The van der Waals surface area contributed by atoms with Gasteiger partial charge in [-0.2, -0.15) is 9.48 Å². The molecule has 2 aliphatic rings. The molecule has 16 nitrogen and oxygen atoms in total. The molecule has 90 heavy (non-hydrogen) atoms. The van der Waals surface area contributed by atoms with Crippen molar-refractivity contribution in [1.82, 2.24) is 9.48 Å². The zero-order valence-electron chi connectivity index (χ0n) is 49.9. The Kier molecular flexibility index (Phi) is 23.3. The maximum atomic E-state index is 12.2. The zero-order valence-corrected chi connectivity index (χ0v) is 49.9. The van der Waals surface area contributed by atoms with Crippen molar-refractivity contribution in [3.05, 3.63) is 333 Å². The molecule has 0 spiro atoms. The van der Waals surface area contributed by atoms with Crippen LogP contribution in [0.15, 0.2) is 286 Å². The Hall–Kier alpha value is -8.62. The molecule has 0 unspecified atom stereocenters. The van der Waals surface area contributed by atoms with Gasteiger partial charge in [0.25, 0.3) is 0 Å². The lowest BCUT2D eigenvalue weighted by Crippen LogP contribution is -2.59. The van der Waals surface area contributed by atoms with Gasteiger partial charge >= 0.3 is 11.3 Å². The largest absolute Gasteiger partial charge is 0.374 e. The third-order valence-electron chi connectivity index (χ3n) is 15.3. The maximum absolute atomic E-state index is 12.2. The molecule has 0 radical (unpaired) electrons. The molecule has 2 aliphatic heterocycles. The molecule has 0 saturated carbocycles. The Morgan fingerprint density at radius 2 is 0.489 bits per heavy atom. The number of aromatic nitrogens is 2. The molecule has 8 aromatic carbocycles. The van der Waals surface area contributed by atoms with Crippen molar-refractivity contribution in [3.63, 3.8) is 0 Å². The molecule has 0 bridgehead atoms. The minimum Gasteiger partial charge on any atom is -0.374 e. The summed E-state index contributed by atoms with van der Waals surface area (Å²) < 4.78 is 79.5. The van der Waals surface area contributed by atoms with Gasteiger partial charge in [0.1, 0.15) is 48.8 Å². The van der Waals surface area contributed by atoms with Crippen molar-refractivity contribution in [3.8, 4) is 0 Å². The van der Waals surface area contributed by atoms with E-state index in [0.29, 0.717) is 52.9 Å². The summed E-state index contributed by atoms with van der Waals surface area (Å²) in [4.78, 5) is 24.4. The standard InChI is InChI=1S/2C37H37NO7/c2*39-33-21-22-38(45-33)37-36(43-26-31-19-11-4-12-20-31)35(42-25-30-17-9-3-10-18-30)34(41-24-29-15-7-2-8-16-29)32(44-37)27-40-23-28-13-5-1-6-14-28/h2*1-22,32,34-37H,23-27H2/t2*32-,34-,35+,36-,37-/m11/s1. The normalized spacial score (nSPS) is 21.5. The highest BCUT2D eigenvalue weighted by Gasteiger charge is 2.51. The van der Waals surface area contributed by atoms with Crippen LogP contribution in [-0.4, -0.2) is 71.5 Å². The molecule has 0 amide bonds. The summed E-state index contributed by atoms with van der Waals surface area (Å²) >= 11 is 0. The van der Waals surface area contributed by atoms with Gasteiger partial charge in [-0.25, -0.2) is 9.59 Å². The van der Waals surface area contributed by atoms with E-state index in [0.717, 1.165) is 44.5 Å². The quantitative estimate of drug-likeness (QED) is 0.0455. The third-order valence-corrected chi connectivity index (χ3v) is 15.3. The van der Waals surface area contributed by atoms with Crippen LogP contribution >= 0.6 is 0 Å². The first kappa shape index (κ1) is 63.0. The number of nitrogens with zero attached hydrogens (tertiary/aromatic N) is 2. The van der Waals surface area contributed by atoms with Gasteiger partial charge in [-0.05, 0) is 44.5 Å². The van der Waals surface area contributed by atoms with E-state index in [1.54, 1.807) is 12.4 Å². The van der Waals surface area contributed by atoms with Gasteiger partial charge in [-0.15, -0.1) is 0 Å². The van der Waals surface area contributed by atoms with E-state index >= 15 is 0 Å². The van der Waals surface area contributed by atoms with Crippen LogP contribution in [0, 0.1) is 0 Å². The van der Waals surface area contributed by atoms with E-state index in [-0.39, 0.29) is 13.2 Å². The molecule has 0 aliphatic carbocycles. The van der Waals surface area contributed by atoms with E-state index in [1.807, 2.05) is 243 Å².